The van der Waals surface area contributed by atoms with Gasteiger partial charge in [0.2, 0.25) is 0 Å². The van der Waals surface area contributed by atoms with Crippen LogP contribution in [0, 0.1) is 6.23 Å². The van der Waals surface area contributed by atoms with Crippen molar-refractivity contribution in [2.75, 3.05) is 19.7 Å². The molecule has 2 heterocycles. The topological polar surface area (TPSA) is 12.5 Å². The summed E-state index contributed by atoms with van der Waals surface area (Å²) < 4.78 is 5.18. The van der Waals surface area contributed by atoms with Crippen LogP contribution in [-0.2, 0) is 4.74 Å². The Kier molecular flexibility index (Phi) is 1.02. The molecule has 0 saturated carbocycles. The van der Waals surface area contributed by atoms with Crippen molar-refractivity contribution in [3.05, 3.63) is 6.23 Å². The molecule has 8 heavy (non-hydrogen) atoms. The van der Waals surface area contributed by atoms with Gasteiger partial charge < -0.3 is 4.74 Å². The van der Waals surface area contributed by atoms with Crippen LogP contribution in [0.4, 0.5) is 0 Å². The van der Waals surface area contributed by atoms with Crippen molar-refractivity contribution in [1.29, 1.82) is 0 Å². The minimum Gasteiger partial charge on any atom is -0.356 e. The maximum Gasteiger partial charge on any atom is 0.166 e. The number of nitrogens with zero attached hydrogens (tertiary/aromatic N) is 1. The van der Waals surface area contributed by atoms with Gasteiger partial charge in [0.25, 0.3) is 0 Å². The Morgan fingerprint density at radius 2 is 2.12 bits per heavy atom. The second kappa shape index (κ2) is 1.71. The van der Waals surface area contributed by atoms with E-state index in [0.717, 1.165) is 6.61 Å². The zero-order chi connectivity index (χ0) is 5.40. The van der Waals surface area contributed by atoms with Gasteiger partial charge in [-0.25, -0.2) is 0 Å². The largest absolute Gasteiger partial charge is 0.356 e. The Labute approximate surface area is 49.4 Å². The van der Waals surface area contributed by atoms with Crippen molar-refractivity contribution in [3.8, 4) is 0 Å². The summed E-state index contributed by atoms with van der Waals surface area (Å²) in [5, 5.41) is 0. The Bertz CT molecular complexity index is 74.5. The minimum atomic E-state index is 0.950. The van der Waals surface area contributed by atoms with Gasteiger partial charge in [-0.05, 0) is 6.42 Å². The first-order chi connectivity index (χ1) is 3.97. The molecule has 2 saturated heterocycles. The Morgan fingerprint density at radius 1 is 1.38 bits per heavy atom. The van der Waals surface area contributed by atoms with Gasteiger partial charge in [0.15, 0.2) is 6.23 Å². The molecule has 2 fully saturated rings. The monoisotopic (exact) mass is 112 g/mol. The van der Waals surface area contributed by atoms with Gasteiger partial charge in [-0.2, -0.15) is 0 Å². The molecule has 2 aliphatic rings. The average molecular weight is 112 g/mol. The van der Waals surface area contributed by atoms with Crippen LogP contribution in [0.1, 0.15) is 12.8 Å². The van der Waals surface area contributed by atoms with Crippen molar-refractivity contribution in [2.24, 2.45) is 0 Å². The van der Waals surface area contributed by atoms with E-state index in [2.05, 4.69) is 4.90 Å². The predicted molar refractivity (Wildman–Crippen MR) is 30.0 cm³/mol. The van der Waals surface area contributed by atoms with E-state index in [0.29, 0.717) is 0 Å². The lowest BCUT2D eigenvalue weighted by Gasteiger charge is -2.41. The molecular weight excluding hydrogens is 102 g/mol. The molecule has 0 aromatic rings. The fourth-order valence-electron chi connectivity index (χ4n) is 1.01. The summed E-state index contributed by atoms with van der Waals surface area (Å²) in [4.78, 5) is 2.31. The zero-order valence-electron chi connectivity index (χ0n) is 4.89. The minimum absolute atomic E-state index is 0.950. The second-order valence-electron chi connectivity index (χ2n) is 2.33. The molecular formula is C6H10NO. The van der Waals surface area contributed by atoms with Crippen molar-refractivity contribution in [2.45, 2.75) is 12.8 Å². The second-order valence-corrected chi connectivity index (χ2v) is 2.33. The van der Waals surface area contributed by atoms with E-state index in [-0.39, 0.29) is 0 Å². The van der Waals surface area contributed by atoms with Gasteiger partial charge >= 0.3 is 0 Å². The normalized spacial score (nSPS) is 31.5. The standard InChI is InChI=1S/C6H10NO/c1-3-7(4-1)6-2-5-8-6/h1-5H2. The highest BCUT2D eigenvalue weighted by Crippen LogP contribution is 2.27. The van der Waals surface area contributed by atoms with Gasteiger partial charge in [0.05, 0.1) is 6.61 Å². The Morgan fingerprint density at radius 3 is 2.25 bits per heavy atom. The van der Waals surface area contributed by atoms with E-state index in [9.17, 15) is 0 Å². The van der Waals surface area contributed by atoms with Gasteiger partial charge in [-0.3, -0.25) is 4.90 Å². The van der Waals surface area contributed by atoms with Crippen LogP contribution in [0.25, 0.3) is 0 Å². The van der Waals surface area contributed by atoms with E-state index in [1.54, 1.807) is 0 Å². The SMILES string of the molecule is C1CN([C]2CCO2)C1. The number of rotatable bonds is 1. The van der Waals surface area contributed by atoms with Crippen molar-refractivity contribution in [3.63, 3.8) is 0 Å². The molecule has 0 atom stereocenters. The highest BCUT2D eigenvalue weighted by atomic mass is 16.5. The molecule has 0 aromatic carbocycles. The molecule has 1 radical (unpaired) electrons. The molecule has 0 bridgehead atoms. The smallest absolute Gasteiger partial charge is 0.166 e. The molecule has 2 heteroatoms. The van der Waals surface area contributed by atoms with Crippen LogP contribution in [0.2, 0.25) is 0 Å². The maximum absolute atomic E-state index is 5.18. The van der Waals surface area contributed by atoms with Gasteiger partial charge in [-0.1, -0.05) is 0 Å². The Hall–Kier alpha value is -0.0800. The molecule has 2 aliphatic heterocycles. The van der Waals surface area contributed by atoms with Crippen LogP contribution in [0.5, 0.6) is 0 Å². The Balaban J connectivity index is 1.79. The lowest BCUT2D eigenvalue weighted by Crippen LogP contribution is -2.45. The molecule has 2 rings (SSSR count). The number of likely N-dealkylation sites (tertiary alicyclic amines) is 1. The average Bonchev–Trinajstić information content (AvgIpc) is 1.47. The summed E-state index contributed by atoms with van der Waals surface area (Å²) in [5.41, 5.74) is 0. The molecule has 45 valence electrons. The van der Waals surface area contributed by atoms with Crippen LogP contribution < -0.4 is 0 Å². The van der Waals surface area contributed by atoms with E-state index < -0.39 is 0 Å². The molecule has 0 aromatic heterocycles. The summed E-state index contributed by atoms with van der Waals surface area (Å²) in [7, 11) is 0. The molecule has 0 amide bonds. The van der Waals surface area contributed by atoms with E-state index >= 15 is 0 Å². The van der Waals surface area contributed by atoms with E-state index in [1.165, 1.54) is 32.2 Å². The van der Waals surface area contributed by atoms with Gasteiger partial charge in [-0.15, -0.1) is 0 Å². The predicted octanol–water partition coefficient (Wildman–Crippen LogP) is 0.602. The zero-order valence-corrected chi connectivity index (χ0v) is 4.89. The number of ether oxygens (including phenoxy) is 1. The van der Waals surface area contributed by atoms with E-state index in [4.69, 9.17) is 4.74 Å². The van der Waals surface area contributed by atoms with Crippen LogP contribution in [-0.4, -0.2) is 24.6 Å². The number of hydrogen-bond donors (Lipinski definition) is 0. The molecule has 0 spiro atoms. The third kappa shape index (κ3) is 0.565. The van der Waals surface area contributed by atoms with Crippen molar-refractivity contribution >= 4 is 0 Å². The van der Waals surface area contributed by atoms with Gasteiger partial charge in [0, 0.05) is 19.5 Å². The highest BCUT2D eigenvalue weighted by molar-refractivity contribution is 4.90. The summed E-state index contributed by atoms with van der Waals surface area (Å²) in [6.45, 7) is 3.41. The first kappa shape index (κ1) is 4.77. The van der Waals surface area contributed by atoms with E-state index in [1.807, 2.05) is 0 Å². The summed E-state index contributed by atoms with van der Waals surface area (Å²) in [6, 6.07) is 0. The fraction of sp³-hybridized carbons (Fsp3) is 0.833. The molecule has 2 nitrogen and oxygen atoms in total. The third-order valence-corrected chi connectivity index (χ3v) is 1.79. The van der Waals surface area contributed by atoms with Gasteiger partial charge in [0.1, 0.15) is 0 Å². The van der Waals surface area contributed by atoms with Crippen LogP contribution in [0.15, 0.2) is 0 Å². The van der Waals surface area contributed by atoms with Crippen LogP contribution >= 0.6 is 0 Å². The molecule has 0 N–H and O–H groups in total. The summed E-state index contributed by atoms with van der Waals surface area (Å²) in [5.74, 6) is 0. The lowest BCUT2D eigenvalue weighted by molar-refractivity contribution is -0.0717. The lowest BCUT2D eigenvalue weighted by atomic mass is 10.1. The molecule has 0 unspecified atom stereocenters. The number of hydrogen-bond acceptors (Lipinski definition) is 2. The first-order valence-corrected chi connectivity index (χ1v) is 3.20. The molecule has 0 aliphatic carbocycles. The summed E-state index contributed by atoms with van der Waals surface area (Å²) in [6.07, 6.45) is 3.77. The first-order valence-electron chi connectivity index (χ1n) is 3.20. The highest BCUT2D eigenvalue weighted by Gasteiger charge is 2.30. The quantitative estimate of drug-likeness (QED) is 0.492. The fourth-order valence-corrected chi connectivity index (χ4v) is 1.01. The third-order valence-electron chi connectivity index (χ3n) is 1.79. The van der Waals surface area contributed by atoms with Crippen LogP contribution in [0.3, 0.4) is 0 Å². The van der Waals surface area contributed by atoms with Crippen molar-refractivity contribution < 1.29 is 4.74 Å². The van der Waals surface area contributed by atoms with Crippen molar-refractivity contribution in [1.82, 2.24) is 4.90 Å². The maximum atomic E-state index is 5.18. The summed E-state index contributed by atoms with van der Waals surface area (Å²) >= 11 is 0.